The van der Waals surface area contributed by atoms with Gasteiger partial charge in [-0.3, -0.25) is 0 Å². The fourth-order valence-electron chi connectivity index (χ4n) is 3.79. The van der Waals surface area contributed by atoms with Crippen molar-refractivity contribution >= 4 is 6.02 Å². The third-order valence-electron chi connectivity index (χ3n) is 5.22. The van der Waals surface area contributed by atoms with Crippen molar-refractivity contribution < 1.29 is 14.2 Å². The molecule has 0 radical (unpaired) electrons. The van der Waals surface area contributed by atoms with E-state index in [-0.39, 0.29) is 11.4 Å². The van der Waals surface area contributed by atoms with Gasteiger partial charge in [-0.1, -0.05) is 20.8 Å². The van der Waals surface area contributed by atoms with Crippen LogP contribution in [0.3, 0.4) is 0 Å². The van der Waals surface area contributed by atoms with Gasteiger partial charge in [0.15, 0.2) is 5.54 Å². The Hall–Kier alpha value is -3.48. The van der Waals surface area contributed by atoms with Gasteiger partial charge in [0.25, 0.3) is 6.02 Å². The van der Waals surface area contributed by atoms with Crippen LogP contribution in [-0.4, -0.2) is 29.2 Å². The van der Waals surface area contributed by atoms with Gasteiger partial charge in [-0.15, -0.1) is 0 Å². The third-order valence-corrected chi connectivity index (χ3v) is 5.22. The Morgan fingerprint density at radius 1 is 1.13 bits per heavy atom. The summed E-state index contributed by atoms with van der Waals surface area (Å²) in [5.41, 5.74) is 7.93. The molecular formula is C23H24N4O3. The number of imidazole rings is 1. The van der Waals surface area contributed by atoms with Crippen molar-refractivity contribution in [3.05, 3.63) is 59.9 Å². The summed E-state index contributed by atoms with van der Waals surface area (Å²) >= 11 is 0. The molecule has 7 heteroatoms. The number of amidine groups is 1. The van der Waals surface area contributed by atoms with Crippen LogP contribution in [0.25, 0.3) is 11.4 Å². The first-order chi connectivity index (χ1) is 14.3. The summed E-state index contributed by atoms with van der Waals surface area (Å²) in [5, 5.41) is 0. The lowest BCUT2D eigenvalue weighted by Gasteiger charge is -2.34. The minimum absolute atomic E-state index is 0.0493. The zero-order valence-corrected chi connectivity index (χ0v) is 17.2. The number of fused-ring (bicyclic) bond motifs is 4. The Morgan fingerprint density at radius 3 is 2.57 bits per heavy atom. The highest BCUT2D eigenvalue weighted by molar-refractivity contribution is 5.77. The Kier molecular flexibility index (Phi) is 4.03. The van der Waals surface area contributed by atoms with Crippen molar-refractivity contribution in [3.8, 4) is 28.6 Å². The van der Waals surface area contributed by atoms with E-state index in [0.717, 1.165) is 39.8 Å². The largest absolute Gasteiger partial charge is 0.493 e. The number of rotatable bonds is 3. The molecule has 0 fully saturated rings. The van der Waals surface area contributed by atoms with E-state index in [0.29, 0.717) is 13.2 Å². The topological polar surface area (TPSA) is 94.8 Å². The molecule has 0 amide bonds. The monoisotopic (exact) mass is 404 g/mol. The summed E-state index contributed by atoms with van der Waals surface area (Å²) in [6, 6.07) is 11.9. The van der Waals surface area contributed by atoms with Gasteiger partial charge in [-0.2, -0.15) is 0 Å². The van der Waals surface area contributed by atoms with Crippen molar-refractivity contribution in [2.75, 3.05) is 13.2 Å². The number of aromatic nitrogens is 2. The lowest BCUT2D eigenvalue weighted by molar-refractivity contribution is 0.197. The molecule has 0 saturated heterocycles. The maximum atomic E-state index is 6.22. The van der Waals surface area contributed by atoms with Crippen LogP contribution in [0.15, 0.2) is 53.8 Å². The van der Waals surface area contributed by atoms with E-state index >= 15 is 0 Å². The second-order valence-corrected chi connectivity index (χ2v) is 8.86. The molecule has 0 aliphatic carbocycles. The van der Waals surface area contributed by atoms with Crippen molar-refractivity contribution in [3.63, 3.8) is 0 Å². The molecule has 0 bridgehead atoms. The Labute approximate surface area is 174 Å². The Morgan fingerprint density at radius 2 is 1.90 bits per heavy atom. The second kappa shape index (κ2) is 6.52. The molecule has 2 aromatic carbocycles. The highest BCUT2D eigenvalue weighted by atomic mass is 16.5. The van der Waals surface area contributed by atoms with Crippen LogP contribution >= 0.6 is 0 Å². The van der Waals surface area contributed by atoms with Gasteiger partial charge in [-0.25, -0.2) is 9.98 Å². The number of aliphatic imine (C=N–C) groups is 1. The van der Waals surface area contributed by atoms with Gasteiger partial charge in [0.05, 0.1) is 6.61 Å². The van der Waals surface area contributed by atoms with E-state index in [1.807, 2.05) is 36.4 Å². The number of nitrogens with one attached hydrogen (secondary N) is 1. The number of H-pyrrole nitrogens is 1. The molecule has 30 heavy (non-hydrogen) atoms. The van der Waals surface area contributed by atoms with Crippen LogP contribution in [-0.2, 0) is 10.3 Å². The highest BCUT2D eigenvalue weighted by Gasteiger charge is 2.47. The number of hydrogen-bond acceptors (Lipinski definition) is 6. The average molecular weight is 404 g/mol. The van der Waals surface area contributed by atoms with Crippen LogP contribution < -0.4 is 15.2 Å². The van der Waals surface area contributed by atoms with Gasteiger partial charge in [0.1, 0.15) is 29.7 Å². The Bertz CT molecular complexity index is 1130. The first kappa shape index (κ1) is 18.5. The number of benzene rings is 2. The van der Waals surface area contributed by atoms with Crippen LogP contribution in [0.5, 0.6) is 17.2 Å². The number of aromatic amines is 1. The Balaban J connectivity index is 1.63. The van der Waals surface area contributed by atoms with Crippen LogP contribution in [0.1, 0.15) is 31.9 Å². The van der Waals surface area contributed by atoms with E-state index in [1.165, 1.54) is 0 Å². The highest BCUT2D eigenvalue weighted by Crippen LogP contribution is 2.52. The quantitative estimate of drug-likeness (QED) is 0.682. The molecule has 1 spiro atoms. The van der Waals surface area contributed by atoms with E-state index < -0.39 is 5.54 Å². The summed E-state index contributed by atoms with van der Waals surface area (Å²) in [6.45, 7) is 7.31. The molecule has 154 valence electrons. The molecule has 3 heterocycles. The zero-order valence-electron chi connectivity index (χ0n) is 17.2. The lowest BCUT2D eigenvalue weighted by atomic mass is 9.80. The van der Waals surface area contributed by atoms with Crippen molar-refractivity contribution in [2.24, 2.45) is 16.1 Å². The predicted molar refractivity (Wildman–Crippen MR) is 114 cm³/mol. The summed E-state index contributed by atoms with van der Waals surface area (Å²) in [6.07, 6.45) is 3.52. The van der Waals surface area contributed by atoms with Gasteiger partial charge >= 0.3 is 0 Å². The number of ether oxygens (including phenoxy) is 3. The first-order valence-corrected chi connectivity index (χ1v) is 9.92. The summed E-state index contributed by atoms with van der Waals surface area (Å²) in [5.74, 6) is 2.98. The standard InChI is InChI=1S/C23H24N4O3/c1-22(2,3)12-28-15-5-7-19-17(11-15)23(13-29-21(24)27-23)16-10-14(4-6-18(16)30-19)20-25-8-9-26-20/h4-11H,12-13H2,1-3H3,(H2,24,27)(H,25,26)/t23-/m0/s1. The number of nitrogens with zero attached hydrogens (tertiary/aromatic N) is 2. The minimum Gasteiger partial charge on any atom is -0.493 e. The van der Waals surface area contributed by atoms with Crippen molar-refractivity contribution in [1.82, 2.24) is 9.97 Å². The zero-order chi connectivity index (χ0) is 20.9. The second-order valence-electron chi connectivity index (χ2n) is 8.86. The SMILES string of the molecule is CC(C)(C)COc1ccc2c(c1)[C@]1(COC(N)=N1)c1cc(-c3ncc[nH]3)ccc1O2. The normalized spacial score (nSPS) is 19.5. The number of nitrogens with two attached hydrogens (primary N) is 1. The average Bonchev–Trinajstić information content (AvgIpc) is 3.37. The van der Waals surface area contributed by atoms with Gasteiger partial charge in [0.2, 0.25) is 0 Å². The van der Waals surface area contributed by atoms with Crippen molar-refractivity contribution in [1.29, 1.82) is 0 Å². The van der Waals surface area contributed by atoms with E-state index in [4.69, 9.17) is 24.9 Å². The molecule has 2 aliphatic rings. The molecule has 1 atom stereocenters. The molecule has 7 nitrogen and oxygen atoms in total. The van der Waals surface area contributed by atoms with Crippen LogP contribution in [0.4, 0.5) is 0 Å². The third kappa shape index (κ3) is 3.07. The van der Waals surface area contributed by atoms with Gasteiger partial charge in [-0.05, 0) is 41.8 Å². The molecule has 3 aromatic rings. The lowest BCUT2D eigenvalue weighted by Crippen LogP contribution is -2.31. The van der Waals surface area contributed by atoms with Gasteiger partial charge in [0, 0.05) is 29.1 Å². The fourth-order valence-corrected chi connectivity index (χ4v) is 3.79. The van der Waals surface area contributed by atoms with E-state index in [1.54, 1.807) is 12.4 Å². The molecule has 1 aromatic heterocycles. The molecule has 5 rings (SSSR count). The summed E-state index contributed by atoms with van der Waals surface area (Å²) < 4.78 is 17.9. The molecular weight excluding hydrogens is 380 g/mol. The van der Waals surface area contributed by atoms with Crippen LogP contribution in [0, 0.1) is 5.41 Å². The van der Waals surface area contributed by atoms with E-state index in [9.17, 15) is 0 Å². The molecule has 0 saturated carbocycles. The smallest absolute Gasteiger partial charge is 0.283 e. The number of hydrogen-bond donors (Lipinski definition) is 2. The summed E-state index contributed by atoms with van der Waals surface area (Å²) in [4.78, 5) is 12.2. The van der Waals surface area contributed by atoms with Gasteiger partial charge < -0.3 is 24.9 Å². The van der Waals surface area contributed by atoms with Crippen LogP contribution in [0.2, 0.25) is 0 Å². The molecule has 2 aliphatic heterocycles. The first-order valence-electron chi connectivity index (χ1n) is 9.92. The van der Waals surface area contributed by atoms with E-state index in [2.05, 4.69) is 30.7 Å². The molecule has 3 N–H and O–H groups in total. The maximum absolute atomic E-state index is 6.22. The maximum Gasteiger partial charge on any atom is 0.283 e. The molecule has 0 unspecified atom stereocenters. The fraction of sp³-hybridized carbons (Fsp3) is 0.304. The minimum atomic E-state index is -0.795. The van der Waals surface area contributed by atoms with Crippen molar-refractivity contribution in [2.45, 2.75) is 26.3 Å². The summed E-state index contributed by atoms with van der Waals surface area (Å²) in [7, 11) is 0. The predicted octanol–water partition coefficient (Wildman–Crippen LogP) is 4.20.